The molecule has 0 aromatic heterocycles. The van der Waals surface area contributed by atoms with Crippen LogP contribution >= 0.6 is 15.9 Å². The maximum Gasteiger partial charge on any atom is 0.340 e. The summed E-state index contributed by atoms with van der Waals surface area (Å²) in [5.41, 5.74) is -0.00223. The van der Waals surface area contributed by atoms with Gasteiger partial charge in [0.05, 0.1) is 10.5 Å². The number of hydrogen-bond donors (Lipinski definition) is 1. The molecule has 126 valence electrons. The van der Waals surface area contributed by atoms with Gasteiger partial charge in [-0.15, -0.1) is 0 Å². The van der Waals surface area contributed by atoms with Crippen molar-refractivity contribution < 1.29 is 22.7 Å². The molecule has 1 heterocycles. The molecule has 2 N–H and O–H groups in total. The highest BCUT2D eigenvalue weighted by atomic mass is 79.9. The highest BCUT2D eigenvalue weighted by Crippen LogP contribution is 2.22. The van der Waals surface area contributed by atoms with Crippen molar-refractivity contribution in [1.29, 1.82) is 0 Å². The number of nitrogens with two attached hydrogens (primary N) is 1. The average molecular weight is 405 g/mol. The zero-order valence-electron chi connectivity index (χ0n) is 12.5. The number of halogens is 1. The Morgan fingerprint density at radius 1 is 1.30 bits per heavy atom. The Balaban J connectivity index is 2.15. The van der Waals surface area contributed by atoms with Crippen molar-refractivity contribution >= 4 is 37.8 Å². The largest absolute Gasteiger partial charge is 0.449 e. The summed E-state index contributed by atoms with van der Waals surface area (Å²) >= 11 is 3.16. The van der Waals surface area contributed by atoms with E-state index in [1.54, 1.807) is 4.90 Å². The minimum atomic E-state index is -3.94. The van der Waals surface area contributed by atoms with Crippen LogP contribution < -0.4 is 5.14 Å². The SMILES string of the molecule is C[C@H](OC(=O)c1cc(S(N)(=O)=O)ccc1Br)C(=O)N1CCCC1. The van der Waals surface area contributed by atoms with Gasteiger partial charge in [-0.25, -0.2) is 18.4 Å². The van der Waals surface area contributed by atoms with Crippen LogP contribution in [0.2, 0.25) is 0 Å². The number of amides is 1. The first kappa shape index (κ1) is 17.9. The van der Waals surface area contributed by atoms with Gasteiger partial charge in [-0.2, -0.15) is 0 Å². The lowest BCUT2D eigenvalue weighted by molar-refractivity contribution is -0.138. The van der Waals surface area contributed by atoms with Gasteiger partial charge in [0.1, 0.15) is 0 Å². The molecule has 0 bridgehead atoms. The standard InChI is InChI=1S/C14H17BrN2O5S/c1-9(13(18)17-6-2-3-7-17)22-14(19)11-8-10(23(16,20)21)4-5-12(11)15/h4-5,8-9H,2-3,6-7H2,1H3,(H2,16,20,21)/t9-/m0/s1. The molecule has 1 atom stereocenters. The van der Waals surface area contributed by atoms with Crippen LogP contribution in [0.3, 0.4) is 0 Å². The van der Waals surface area contributed by atoms with Crippen molar-refractivity contribution in [3.8, 4) is 0 Å². The molecule has 9 heteroatoms. The van der Waals surface area contributed by atoms with Gasteiger partial charge in [-0.05, 0) is 53.9 Å². The van der Waals surface area contributed by atoms with Gasteiger partial charge < -0.3 is 9.64 Å². The number of ether oxygens (including phenoxy) is 1. The van der Waals surface area contributed by atoms with E-state index in [2.05, 4.69) is 15.9 Å². The predicted octanol–water partition coefficient (Wildman–Crippen LogP) is 1.26. The molecule has 0 saturated carbocycles. The van der Waals surface area contributed by atoms with E-state index >= 15 is 0 Å². The minimum absolute atomic E-state index is 0.00223. The Morgan fingerprint density at radius 3 is 2.48 bits per heavy atom. The van der Waals surface area contributed by atoms with E-state index < -0.39 is 22.1 Å². The second-order valence-electron chi connectivity index (χ2n) is 5.27. The maximum absolute atomic E-state index is 12.2. The summed E-state index contributed by atoms with van der Waals surface area (Å²) in [5.74, 6) is -1.04. The lowest BCUT2D eigenvalue weighted by atomic mass is 10.2. The van der Waals surface area contributed by atoms with Crippen molar-refractivity contribution in [3.63, 3.8) is 0 Å². The van der Waals surface area contributed by atoms with Crippen LogP contribution in [-0.4, -0.2) is 44.4 Å². The number of nitrogens with zero attached hydrogens (tertiary/aromatic N) is 1. The molecule has 1 aromatic rings. The average Bonchev–Trinajstić information content (AvgIpc) is 2.99. The number of hydrogen-bond acceptors (Lipinski definition) is 5. The Kier molecular flexibility index (Phi) is 5.43. The summed E-state index contributed by atoms with van der Waals surface area (Å²) in [6.45, 7) is 2.81. The van der Waals surface area contributed by atoms with Crippen LogP contribution in [0.25, 0.3) is 0 Å². The maximum atomic E-state index is 12.2. The van der Waals surface area contributed by atoms with Crippen LogP contribution in [0.4, 0.5) is 0 Å². The van der Waals surface area contributed by atoms with Gasteiger partial charge in [-0.1, -0.05) is 0 Å². The molecule has 0 radical (unpaired) electrons. The van der Waals surface area contributed by atoms with Crippen LogP contribution in [0.5, 0.6) is 0 Å². The molecular formula is C14H17BrN2O5S. The number of rotatable bonds is 4. The van der Waals surface area contributed by atoms with Crippen LogP contribution in [0.15, 0.2) is 27.6 Å². The molecule has 1 saturated heterocycles. The molecule has 0 spiro atoms. The monoisotopic (exact) mass is 404 g/mol. The Morgan fingerprint density at radius 2 is 1.91 bits per heavy atom. The van der Waals surface area contributed by atoms with Crippen LogP contribution in [0.1, 0.15) is 30.1 Å². The van der Waals surface area contributed by atoms with Gasteiger partial charge in [0.15, 0.2) is 6.10 Å². The third kappa shape index (κ3) is 4.30. The van der Waals surface area contributed by atoms with Gasteiger partial charge in [0, 0.05) is 17.6 Å². The zero-order valence-corrected chi connectivity index (χ0v) is 14.9. The Labute approximate surface area is 143 Å². The van der Waals surface area contributed by atoms with Crippen molar-refractivity contribution in [2.24, 2.45) is 5.14 Å². The van der Waals surface area contributed by atoms with E-state index in [1.807, 2.05) is 0 Å². The summed E-state index contributed by atoms with van der Waals surface area (Å²) in [6, 6.07) is 3.78. The van der Waals surface area contributed by atoms with E-state index in [-0.39, 0.29) is 16.4 Å². The summed E-state index contributed by atoms with van der Waals surface area (Å²) in [7, 11) is -3.94. The molecule has 1 fully saturated rings. The van der Waals surface area contributed by atoms with Crippen LogP contribution in [0, 0.1) is 0 Å². The van der Waals surface area contributed by atoms with E-state index in [0.717, 1.165) is 18.9 Å². The zero-order chi connectivity index (χ0) is 17.2. The van der Waals surface area contributed by atoms with Crippen molar-refractivity contribution in [2.75, 3.05) is 13.1 Å². The van der Waals surface area contributed by atoms with Gasteiger partial charge >= 0.3 is 5.97 Å². The first-order valence-electron chi connectivity index (χ1n) is 7.02. The van der Waals surface area contributed by atoms with Gasteiger partial charge in [-0.3, -0.25) is 4.79 Å². The molecule has 7 nitrogen and oxygen atoms in total. The molecule has 2 rings (SSSR count). The minimum Gasteiger partial charge on any atom is -0.449 e. The lowest BCUT2D eigenvalue weighted by Gasteiger charge is -2.20. The summed E-state index contributed by atoms with van der Waals surface area (Å²) < 4.78 is 28.3. The Bertz CT molecular complexity index is 729. The highest BCUT2D eigenvalue weighted by Gasteiger charge is 2.27. The second kappa shape index (κ2) is 6.98. The number of esters is 1. The summed E-state index contributed by atoms with van der Waals surface area (Å²) in [4.78, 5) is 25.8. The fraction of sp³-hybridized carbons (Fsp3) is 0.429. The molecule has 0 unspecified atom stereocenters. The number of likely N-dealkylation sites (tertiary alicyclic amines) is 1. The first-order valence-corrected chi connectivity index (χ1v) is 9.36. The fourth-order valence-electron chi connectivity index (χ4n) is 2.31. The summed E-state index contributed by atoms with van der Waals surface area (Å²) in [5, 5.41) is 5.05. The number of primary sulfonamides is 1. The van der Waals surface area contributed by atoms with Gasteiger partial charge in [0.2, 0.25) is 10.0 Å². The lowest BCUT2D eigenvalue weighted by Crippen LogP contribution is -2.38. The second-order valence-corrected chi connectivity index (χ2v) is 7.68. The van der Waals surface area contributed by atoms with E-state index in [4.69, 9.17) is 9.88 Å². The number of benzene rings is 1. The fourth-order valence-corrected chi connectivity index (χ4v) is 3.26. The normalized spacial score (nSPS) is 16.2. The van der Waals surface area contributed by atoms with E-state index in [9.17, 15) is 18.0 Å². The number of sulfonamides is 1. The smallest absolute Gasteiger partial charge is 0.340 e. The molecular weight excluding hydrogens is 388 g/mol. The topological polar surface area (TPSA) is 107 Å². The molecule has 23 heavy (non-hydrogen) atoms. The number of carbonyl (C=O) groups is 2. The molecule has 1 aromatic carbocycles. The third-order valence-corrected chi connectivity index (χ3v) is 5.14. The molecule has 1 aliphatic rings. The number of carbonyl (C=O) groups excluding carboxylic acids is 2. The first-order chi connectivity index (χ1) is 10.7. The van der Waals surface area contributed by atoms with E-state index in [1.165, 1.54) is 19.1 Å². The van der Waals surface area contributed by atoms with E-state index in [0.29, 0.717) is 17.6 Å². The van der Waals surface area contributed by atoms with Crippen molar-refractivity contribution in [2.45, 2.75) is 30.8 Å². The molecule has 0 aliphatic carbocycles. The van der Waals surface area contributed by atoms with Crippen molar-refractivity contribution in [3.05, 3.63) is 28.2 Å². The quantitative estimate of drug-likeness (QED) is 0.760. The predicted molar refractivity (Wildman–Crippen MR) is 86.2 cm³/mol. The molecule has 1 amide bonds. The van der Waals surface area contributed by atoms with Gasteiger partial charge in [0.25, 0.3) is 5.91 Å². The third-order valence-electron chi connectivity index (χ3n) is 3.54. The Hall–Kier alpha value is -1.45. The summed E-state index contributed by atoms with van der Waals surface area (Å²) in [6.07, 6.45) is 0.938. The molecule has 1 aliphatic heterocycles. The highest BCUT2D eigenvalue weighted by molar-refractivity contribution is 9.10. The van der Waals surface area contributed by atoms with Crippen LogP contribution in [-0.2, 0) is 19.6 Å². The van der Waals surface area contributed by atoms with Crippen molar-refractivity contribution in [1.82, 2.24) is 4.90 Å².